The fraction of sp³-hybridized carbons (Fsp3) is 0.565. The minimum absolute atomic E-state index is 0.552. The van der Waals surface area contributed by atoms with E-state index < -0.39 is 0 Å². The molecule has 0 spiro atoms. The molecule has 27 heavy (non-hydrogen) atoms. The van der Waals surface area contributed by atoms with Crippen LogP contribution in [0.15, 0.2) is 57.5 Å². The van der Waals surface area contributed by atoms with E-state index in [2.05, 4.69) is 73.2 Å². The normalized spacial score (nSPS) is 29.6. The first-order valence-corrected chi connectivity index (χ1v) is 10.4. The fourth-order valence-electron chi connectivity index (χ4n) is 3.85. The van der Waals surface area contributed by atoms with Crippen molar-refractivity contribution in [3.8, 4) is 0 Å². The standard InChI is InChI=1S/C23H36N4/c1-5-20-14-11-12-16-27(20)23(24-4)21-18-25-17-19(3)13-9-7-8-10-15-22(21)26-6-2/h7-9,13,17,20,25H,4-6,10-12,14-16,18H2,1-3H3/b8-7-,13-9-,19-17+,23-21+,26-22-. The molecule has 2 rings (SSSR count). The zero-order chi connectivity index (χ0) is 19.5. The van der Waals surface area contributed by atoms with Gasteiger partial charge in [0.25, 0.3) is 0 Å². The van der Waals surface area contributed by atoms with E-state index in [1.165, 1.54) is 30.4 Å². The summed E-state index contributed by atoms with van der Waals surface area (Å²) in [5, 5.41) is 3.49. The third-order valence-corrected chi connectivity index (χ3v) is 5.25. The van der Waals surface area contributed by atoms with Gasteiger partial charge in [-0.05, 0) is 70.9 Å². The van der Waals surface area contributed by atoms with E-state index in [1.807, 2.05) is 0 Å². The topological polar surface area (TPSA) is 40.0 Å². The lowest BCUT2D eigenvalue weighted by atomic mass is 9.98. The Morgan fingerprint density at radius 3 is 2.89 bits per heavy atom. The highest BCUT2D eigenvalue weighted by atomic mass is 15.2. The Labute approximate surface area is 165 Å². The van der Waals surface area contributed by atoms with E-state index in [-0.39, 0.29) is 0 Å². The quantitative estimate of drug-likeness (QED) is 0.708. The summed E-state index contributed by atoms with van der Waals surface area (Å²) in [6.07, 6.45) is 17.5. The Balaban J connectivity index is 2.46. The second kappa shape index (κ2) is 11.6. The molecule has 4 heteroatoms. The van der Waals surface area contributed by atoms with Crippen LogP contribution in [0.25, 0.3) is 0 Å². The molecule has 1 fully saturated rings. The van der Waals surface area contributed by atoms with Gasteiger partial charge in [-0.2, -0.15) is 0 Å². The molecule has 1 saturated heterocycles. The van der Waals surface area contributed by atoms with Crippen molar-refractivity contribution < 1.29 is 0 Å². The smallest absolute Gasteiger partial charge is 0.134 e. The molecule has 0 bridgehead atoms. The molecule has 4 nitrogen and oxygen atoms in total. The third kappa shape index (κ3) is 6.23. The third-order valence-electron chi connectivity index (χ3n) is 5.25. The van der Waals surface area contributed by atoms with E-state index in [0.29, 0.717) is 6.04 Å². The van der Waals surface area contributed by atoms with Crippen LogP contribution in [0.3, 0.4) is 0 Å². The molecule has 1 unspecified atom stereocenters. The first-order chi connectivity index (χ1) is 13.2. The molecule has 2 aliphatic heterocycles. The summed E-state index contributed by atoms with van der Waals surface area (Å²) >= 11 is 0. The SMILES string of the molecule is C=N/C(=C1/CN/C=C(C)/C=C\C=C/CC/C1=N/CC)N1CCCCC1CC. The van der Waals surface area contributed by atoms with Gasteiger partial charge in [0.1, 0.15) is 5.82 Å². The van der Waals surface area contributed by atoms with Crippen molar-refractivity contribution in [1.29, 1.82) is 0 Å². The number of aliphatic imine (C=N–C) groups is 2. The van der Waals surface area contributed by atoms with Gasteiger partial charge >= 0.3 is 0 Å². The zero-order valence-electron chi connectivity index (χ0n) is 17.4. The summed E-state index contributed by atoms with van der Waals surface area (Å²) in [5.74, 6) is 1.03. The Hall–Kier alpha value is -2.10. The number of likely N-dealkylation sites (tertiary alicyclic amines) is 1. The molecular formula is C23H36N4. The van der Waals surface area contributed by atoms with Gasteiger partial charge in [-0.1, -0.05) is 31.2 Å². The monoisotopic (exact) mass is 368 g/mol. The van der Waals surface area contributed by atoms with Gasteiger partial charge in [-0.3, -0.25) is 4.99 Å². The Bertz CT molecular complexity index is 637. The van der Waals surface area contributed by atoms with Gasteiger partial charge in [0, 0.05) is 37.0 Å². The molecule has 1 atom stereocenters. The number of piperidine rings is 1. The van der Waals surface area contributed by atoms with Crippen molar-refractivity contribution in [2.45, 2.75) is 65.3 Å². The Morgan fingerprint density at radius 1 is 1.30 bits per heavy atom. The molecular weight excluding hydrogens is 332 g/mol. The molecule has 0 saturated carbocycles. The van der Waals surface area contributed by atoms with Crippen LogP contribution in [0.4, 0.5) is 0 Å². The highest BCUT2D eigenvalue weighted by Gasteiger charge is 2.26. The summed E-state index contributed by atoms with van der Waals surface area (Å²) in [7, 11) is 0. The maximum Gasteiger partial charge on any atom is 0.134 e. The molecule has 0 aromatic heterocycles. The molecule has 0 amide bonds. The Morgan fingerprint density at radius 2 is 2.15 bits per heavy atom. The average Bonchev–Trinajstić information content (AvgIpc) is 2.68. The first-order valence-electron chi connectivity index (χ1n) is 10.4. The second-order valence-electron chi connectivity index (χ2n) is 7.23. The van der Waals surface area contributed by atoms with E-state index >= 15 is 0 Å². The van der Waals surface area contributed by atoms with Crippen molar-refractivity contribution in [3.63, 3.8) is 0 Å². The molecule has 0 aliphatic carbocycles. The number of nitrogens with zero attached hydrogens (tertiary/aromatic N) is 3. The number of rotatable bonds is 4. The van der Waals surface area contributed by atoms with Crippen LogP contribution in [-0.2, 0) is 0 Å². The highest BCUT2D eigenvalue weighted by Crippen LogP contribution is 2.27. The van der Waals surface area contributed by atoms with Crippen LogP contribution in [0.1, 0.15) is 59.3 Å². The average molecular weight is 369 g/mol. The lowest BCUT2D eigenvalue weighted by molar-refractivity contribution is 0.186. The predicted molar refractivity (Wildman–Crippen MR) is 118 cm³/mol. The highest BCUT2D eigenvalue weighted by molar-refractivity contribution is 6.01. The number of hydrogen-bond acceptors (Lipinski definition) is 4. The molecule has 1 N–H and O–H groups in total. The minimum atomic E-state index is 0.552. The van der Waals surface area contributed by atoms with Gasteiger partial charge in [-0.15, -0.1) is 0 Å². The molecule has 0 aromatic rings. The fourth-order valence-corrected chi connectivity index (χ4v) is 3.85. The summed E-state index contributed by atoms with van der Waals surface area (Å²) in [6.45, 7) is 13.0. The molecule has 148 valence electrons. The van der Waals surface area contributed by atoms with E-state index in [1.54, 1.807) is 0 Å². The van der Waals surface area contributed by atoms with Crippen LogP contribution < -0.4 is 5.32 Å². The maximum atomic E-state index is 4.86. The van der Waals surface area contributed by atoms with Crippen molar-refractivity contribution in [2.75, 3.05) is 19.6 Å². The number of hydrogen-bond donors (Lipinski definition) is 1. The van der Waals surface area contributed by atoms with Crippen LogP contribution in [-0.4, -0.2) is 43.0 Å². The van der Waals surface area contributed by atoms with Gasteiger partial charge in [0.15, 0.2) is 0 Å². The second-order valence-corrected chi connectivity index (χ2v) is 7.23. The van der Waals surface area contributed by atoms with E-state index in [4.69, 9.17) is 4.99 Å². The van der Waals surface area contributed by atoms with Gasteiger partial charge < -0.3 is 10.2 Å². The molecule has 0 aromatic carbocycles. The van der Waals surface area contributed by atoms with Crippen molar-refractivity contribution >= 4 is 12.4 Å². The van der Waals surface area contributed by atoms with E-state index in [0.717, 1.165) is 50.4 Å². The predicted octanol–water partition coefficient (Wildman–Crippen LogP) is 5.02. The molecule has 2 heterocycles. The van der Waals surface area contributed by atoms with Crippen LogP contribution in [0.5, 0.6) is 0 Å². The van der Waals surface area contributed by atoms with E-state index in [9.17, 15) is 0 Å². The number of nitrogens with one attached hydrogen (secondary N) is 1. The van der Waals surface area contributed by atoms with Gasteiger partial charge in [0.2, 0.25) is 0 Å². The Kier molecular flexibility index (Phi) is 9.09. The number of allylic oxidation sites excluding steroid dienone is 5. The van der Waals surface area contributed by atoms with Gasteiger partial charge in [0.05, 0.1) is 0 Å². The molecule has 0 radical (unpaired) electrons. The molecule has 2 aliphatic rings. The summed E-state index contributed by atoms with van der Waals surface area (Å²) in [5.41, 5.74) is 3.56. The van der Waals surface area contributed by atoms with Crippen molar-refractivity contribution in [1.82, 2.24) is 10.2 Å². The zero-order valence-corrected chi connectivity index (χ0v) is 17.4. The van der Waals surface area contributed by atoms with Crippen LogP contribution >= 0.6 is 0 Å². The summed E-state index contributed by atoms with van der Waals surface area (Å²) < 4.78 is 0. The summed E-state index contributed by atoms with van der Waals surface area (Å²) in [6, 6.07) is 0.552. The maximum absolute atomic E-state index is 4.86. The summed E-state index contributed by atoms with van der Waals surface area (Å²) in [4.78, 5) is 11.9. The lowest BCUT2D eigenvalue weighted by Crippen LogP contribution is -2.39. The van der Waals surface area contributed by atoms with Crippen LogP contribution in [0, 0.1) is 0 Å². The minimum Gasteiger partial charge on any atom is -0.386 e. The largest absolute Gasteiger partial charge is 0.386 e. The van der Waals surface area contributed by atoms with Crippen molar-refractivity contribution in [3.05, 3.63) is 47.5 Å². The van der Waals surface area contributed by atoms with Gasteiger partial charge in [-0.25, -0.2) is 4.99 Å². The van der Waals surface area contributed by atoms with Crippen LogP contribution in [0.2, 0.25) is 0 Å². The lowest BCUT2D eigenvalue weighted by Gasteiger charge is -2.38. The first kappa shape index (κ1) is 21.2. The van der Waals surface area contributed by atoms with Crippen molar-refractivity contribution in [2.24, 2.45) is 9.98 Å².